The Morgan fingerprint density at radius 2 is 2.36 bits per heavy atom. The van der Waals surface area contributed by atoms with Gasteiger partial charge in [-0.15, -0.1) is 0 Å². The molecule has 0 bridgehead atoms. The van der Waals surface area contributed by atoms with Gasteiger partial charge in [0.15, 0.2) is 0 Å². The Morgan fingerprint density at radius 3 is 2.73 bits per heavy atom. The van der Waals surface area contributed by atoms with Crippen molar-refractivity contribution in [1.82, 2.24) is 10.4 Å². The van der Waals surface area contributed by atoms with Crippen LogP contribution in [0, 0.1) is 0 Å². The van der Waals surface area contributed by atoms with E-state index in [2.05, 4.69) is 24.4 Å². The zero-order valence-corrected chi connectivity index (χ0v) is 7.43. The Hall–Kier alpha value is -0.120. The molecule has 1 heterocycles. The molecule has 11 heavy (non-hydrogen) atoms. The van der Waals surface area contributed by atoms with Crippen molar-refractivity contribution in [3.63, 3.8) is 0 Å². The highest BCUT2D eigenvalue weighted by Crippen LogP contribution is 2.29. The maximum Gasteiger partial charge on any atom is 0.0392 e. The Morgan fingerprint density at radius 1 is 1.64 bits per heavy atom. The smallest absolute Gasteiger partial charge is 0.0392 e. The van der Waals surface area contributed by atoms with Gasteiger partial charge in [0, 0.05) is 12.1 Å². The summed E-state index contributed by atoms with van der Waals surface area (Å²) in [5.74, 6) is 0. The number of likely N-dealkylation sites (N-methyl/N-ethyl adjacent to an activating group) is 1. The highest BCUT2D eigenvalue weighted by atomic mass is 16.5. The first-order valence-corrected chi connectivity index (χ1v) is 4.33. The standard InChI is InChI=1S/C8H18N2O/c1-3-8(7-9-11)5-4-6-10(8)2/h9,11H,3-7H2,1-2H3. The fraction of sp³-hybridized carbons (Fsp3) is 1.00. The van der Waals surface area contributed by atoms with Crippen molar-refractivity contribution < 1.29 is 5.21 Å². The number of hydrogen-bond donors (Lipinski definition) is 2. The third-order valence-corrected chi connectivity index (χ3v) is 3.01. The van der Waals surface area contributed by atoms with Gasteiger partial charge in [0.05, 0.1) is 0 Å². The van der Waals surface area contributed by atoms with Gasteiger partial charge in [0.25, 0.3) is 0 Å². The largest absolute Gasteiger partial charge is 0.317 e. The van der Waals surface area contributed by atoms with Crippen LogP contribution in [0.5, 0.6) is 0 Å². The first-order chi connectivity index (χ1) is 5.25. The SMILES string of the molecule is CCC1(CNO)CCCN1C. The summed E-state index contributed by atoms with van der Waals surface area (Å²) < 4.78 is 0. The van der Waals surface area contributed by atoms with Crippen LogP contribution in [0.2, 0.25) is 0 Å². The predicted octanol–water partition coefficient (Wildman–Crippen LogP) is 0.840. The topological polar surface area (TPSA) is 35.5 Å². The molecule has 3 heteroatoms. The minimum absolute atomic E-state index is 0.217. The molecule has 0 aliphatic carbocycles. The van der Waals surface area contributed by atoms with Gasteiger partial charge in [-0.25, -0.2) is 5.48 Å². The van der Waals surface area contributed by atoms with Crippen molar-refractivity contribution in [1.29, 1.82) is 0 Å². The van der Waals surface area contributed by atoms with E-state index in [-0.39, 0.29) is 5.54 Å². The second-order valence-electron chi connectivity index (χ2n) is 3.44. The zero-order valence-electron chi connectivity index (χ0n) is 7.43. The fourth-order valence-electron chi connectivity index (χ4n) is 2.02. The molecule has 2 N–H and O–H groups in total. The first-order valence-electron chi connectivity index (χ1n) is 4.33. The lowest BCUT2D eigenvalue weighted by atomic mass is 9.93. The molecule has 0 spiro atoms. The molecule has 1 fully saturated rings. The summed E-state index contributed by atoms with van der Waals surface area (Å²) >= 11 is 0. The van der Waals surface area contributed by atoms with E-state index in [1.807, 2.05) is 0 Å². The van der Waals surface area contributed by atoms with Crippen LogP contribution in [0.25, 0.3) is 0 Å². The number of nitrogens with zero attached hydrogens (tertiary/aromatic N) is 1. The van der Waals surface area contributed by atoms with Gasteiger partial charge in [0.2, 0.25) is 0 Å². The van der Waals surface area contributed by atoms with Gasteiger partial charge in [-0.05, 0) is 32.9 Å². The Kier molecular flexibility index (Phi) is 2.87. The maximum absolute atomic E-state index is 8.66. The maximum atomic E-state index is 8.66. The molecular formula is C8H18N2O. The number of likely N-dealkylation sites (tertiary alicyclic amines) is 1. The van der Waals surface area contributed by atoms with Crippen molar-refractivity contribution in [3.05, 3.63) is 0 Å². The molecule has 3 nitrogen and oxygen atoms in total. The molecule has 1 rings (SSSR count). The molecule has 0 aromatic heterocycles. The zero-order chi connectivity index (χ0) is 8.32. The first kappa shape index (κ1) is 8.97. The molecular weight excluding hydrogens is 140 g/mol. The third kappa shape index (κ3) is 1.55. The second-order valence-corrected chi connectivity index (χ2v) is 3.44. The van der Waals surface area contributed by atoms with Crippen molar-refractivity contribution in [2.45, 2.75) is 31.7 Å². The van der Waals surface area contributed by atoms with E-state index >= 15 is 0 Å². The summed E-state index contributed by atoms with van der Waals surface area (Å²) in [7, 11) is 2.13. The van der Waals surface area contributed by atoms with Crippen LogP contribution in [-0.4, -0.2) is 35.8 Å². The Bertz CT molecular complexity index is 129. The van der Waals surface area contributed by atoms with E-state index in [1.165, 1.54) is 12.8 Å². The molecule has 1 atom stereocenters. The van der Waals surface area contributed by atoms with Gasteiger partial charge in [-0.1, -0.05) is 6.92 Å². The molecule has 0 radical (unpaired) electrons. The van der Waals surface area contributed by atoms with Crippen molar-refractivity contribution in [2.75, 3.05) is 20.1 Å². The van der Waals surface area contributed by atoms with Crippen molar-refractivity contribution >= 4 is 0 Å². The van der Waals surface area contributed by atoms with Crippen LogP contribution in [0.3, 0.4) is 0 Å². The van der Waals surface area contributed by atoms with E-state index in [0.717, 1.165) is 13.0 Å². The van der Waals surface area contributed by atoms with E-state index in [4.69, 9.17) is 5.21 Å². The van der Waals surface area contributed by atoms with Gasteiger partial charge in [0.1, 0.15) is 0 Å². The van der Waals surface area contributed by atoms with Gasteiger partial charge in [-0.2, -0.15) is 0 Å². The lowest BCUT2D eigenvalue weighted by molar-refractivity contribution is 0.0814. The Labute approximate surface area is 68.3 Å². The quantitative estimate of drug-likeness (QED) is 0.597. The van der Waals surface area contributed by atoms with Gasteiger partial charge >= 0.3 is 0 Å². The van der Waals surface area contributed by atoms with Crippen molar-refractivity contribution in [3.8, 4) is 0 Å². The number of nitrogens with one attached hydrogen (secondary N) is 1. The van der Waals surface area contributed by atoms with E-state index in [0.29, 0.717) is 6.54 Å². The molecule has 0 aromatic carbocycles. The molecule has 0 amide bonds. The molecule has 66 valence electrons. The second kappa shape index (κ2) is 3.52. The molecule has 1 unspecified atom stereocenters. The minimum Gasteiger partial charge on any atom is -0.317 e. The van der Waals surface area contributed by atoms with E-state index in [9.17, 15) is 0 Å². The summed E-state index contributed by atoms with van der Waals surface area (Å²) in [6.45, 7) is 4.04. The van der Waals surface area contributed by atoms with Crippen LogP contribution in [0.4, 0.5) is 0 Å². The van der Waals surface area contributed by atoms with E-state index < -0.39 is 0 Å². The van der Waals surface area contributed by atoms with Gasteiger partial charge < -0.3 is 5.21 Å². The summed E-state index contributed by atoms with van der Waals surface area (Å²) in [6, 6.07) is 0. The normalized spacial score (nSPS) is 33.0. The van der Waals surface area contributed by atoms with Crippen LogP contribution < -0.4 is 5.48 Å². The summed E-state index contributed by atoms with van der Waals surface area (Å²) in [4.78, 5) is 2.34. The monoisotopic (exact) mass is 158 g/mol. The third-order valence-electron chi connectivity index (χ3n) is 3.01. The summed E-state index contributed by atoms with van der Waals surface area (Å²) in [5.41, 5.74) is 2.51. The molecule has 1 aliphatic heterocycles. The summed E-state index contributed by atoms with van der Waals surface area (Å²) in [6.07, 6.45) is 3.57. The molecule has 1 aliphatic rings. The number of rotatable bonds is 3. The average molecular weight is 158 g/mol. The predicted molar refractivity (Wildman–Crippen MR) is 44.7 cm³/mol. The van der Waals surface area contributed by atoms with Crippen molar-refractivity contribution in [2.24, 2.45) is 0 Å². The lowest BCUT2D eigenvalue weighted by Gasteiger charge is -2.34. The lowest BCUT2D eigenvalue weighted by Crippen LogP contribution is -2.48. The van der Waals surface area contributed by atoms with Crippen LogP contribution in [0.1, 0.15) is 26.2 Å². The molecule has 0 saturated carbocycles. The highest BCUT2D eigenvalue weighted by Gasteiger charge is 2.36. The average Bonchev–Trinajstić information content (AvgIpc) is 2.35. The highest BCUT2D eigenvalue weighted by molar-refractivity contribution is 4.93. The Balaban J connectivity index is 2.57. The molecule has 1 saturated heterocycles. The van der Waals surface area contributed by atoms with Gasteiger partial charge in [-0.3, -0.25) is 4.90 Å². The fourth-order valence-corrected chi connectivity index (χ4v) is 2.02. The number of hydrogen-bond acceptors (Lipinski definition) is 3. The van der Waals surface area contributed by atoms with Crippen LogP contribution in [0.15, 0.2) is 0 Å². The number of hydroxylamine groups is 1. The summed E-state index contributed by atoms with van der Waals surface area (Å²) in [5, 5.41) is 8.66. The van der Waals surface area contributed by atoms with Crippen LogP contribution in [-0.2, 0) is 0 Å². The molecule has 0 aromatic rings. The van der Waals surface area contributed by atoms with Crippen LogP contribution >= 0.6 is 0 Å². The van der Waals surface area contributed by atoms with E-state index in [1.54, 1.807) is 0 Å². The minimum atomic E-state index is 0.217.